The maximum Gasteiger partial charge on any atom is 0.416 e. The highest BCUT2D eigenvalue weighted by molar-refractivity contribution is 6.33. The molecule has 2 aromatic carbocycles. The van der Waals surface area contributed by atoms with E-state index in [-0.39, 0.29) is 41.9 Å². The van der Waals surface area contributed by atoms with Crippen LogP contribution in [0.3, 0.4) is 0 Å². The lowest BCUT2D eigenvalue weighted by Gasteiger charge is -2.35. The zero-order valence-electron chi connectivity index (χ0n) is 15.2. The molecule has 0 N–H and O–H groups in total. The van der Waals surface area contributed by atoms with E-state index in [2.05, 4.69) is 0 Å². The molecule has 1 aliphatic heterocycles. The Labute approximate surface area is 169 Å². The molecule has 1 heterocycles. The Kier molecular flexibility index (Phi) is 6.12. The topological polar surface area (TPSA) is 40.6 Å². The second kappa shape index (κ2) is 8.41. The number of carbonyl (C=O) groups is 2. The van der Waals surface area contributed by atoms with Gasteiger partial charge in [-0.1, -0.05) is 23.7 Å². The molecule has 4 nitrogen and oxygen atoms in total. The highest BCUT2D eigenvalue weighted by atomic mass is 35.5. The smallest absolute Gasteiger partial charge is 0.339 e. The van der Waals surface area contributed by atoms with Crippen molar-refractivity contribution in [1.82, 2.24) is 9.80 Å². The number of halogens is 5. The number of hydrogen-bond donors (Lipinski definition) is 0. The van der Waals surface area contributed by atoms with Gasteiger partial charge in [0.05, 0.1) is 22.6 Å². The number of benzene rings is 2. The van der Waals surface area contributed by atoms with Gasteiger partial charge >= 0.3 is 6.18 Å². The quantitative estimate of drug-likeness (QED) is 0.693. The zero-order valence-corrected chi connectivity index (χ0v) is 15.9. The second-order valence-corrected chi connectivity index (χ2v) is 7.08. The number of rotatable bonds is 3. The fourth-order valence-electron chi connectivity index (χ4n) is 3.09. The van der Waals surface area contributed by atoms with Gasteiger partial charge in [-0.15, -0.1) is 0 Å². The van der Waals surface area contributed by atoms with Crippen molar-refractivity contribution in [2.75, 3.05) is 26.2 Å². The minimum atomic E-state index is -4.42. The molecule has 0 aliphatic carbocycles. The molecule has 0 atom stereocenters. The molecule has 0 unspecified atom stereocenters. The van der Waals surface area contributed by atoms with Crippen LogP contribution >= 0.6 is 11.6 Å². The number of carbonyl (C=O) groups excluding carboxylic acids is 2. The van der Waals surface area contributed by atoms with E-state index < -0.39 is 17.6 Å². The maximum atomic E-state index is 13.1. The fraction of sp³-hybridized carbons (Fsp3) is 0.300. The van der Waals surface area contributed by atoms with Crippen LogP contribution in [0.15, 0.2) is 42.5 Å². The third-order valence-corrected chi connectivity index (χ3v) is 5.03. The summed E-state index contributed by atoms with van der Waals surface area (Å²) in [6.45, 7) is 1.16. The summed E-state index contributed by atoms with van der Waals surface area (Å²) in [4.78, 5) is 28.1. The molecule has 1 aliphatic rings. The first-order valence-corrected chi connectivity index (χ1v) is 9.21. The molecule has 3 rings (SSSR count). The lowest BCUT2D eigenvalue weighted by Crippen LogP contribution is -2.51. The lowest BCUT2D eigenvalue weighted by molar-refractivity contribution is -0.137. The average Bonchev–Trinajstić information content (AvgIpc) is 2.67. The number of amides is 2. The van der Waals surface area contributed by atoms with Gasteiger partial charge in [0.2, 0.25) is 5.91 Å². The first kappa shape index (κ1) is 21.1. The van der Waals surface area contributed by atoms with Crippen molar-refractivity contribution in [3.8, 4) is 0 Å². The predicted molar refractivity (Wildman–Crippen MR) is 99.0 cm³/mol. The lowest BCUT2D eigenvalue weighted by atomic mass is 10.1. The minimum absolute atomic E-state index is 0.0180. The highest BCUT2D eigenvalue weighted by Gasteiger charge is 2.30. The summed E-state index contributed by atoms with van der Waals surface area (Å²) in [5.74, 6) is -1.10. The van der Waals surface area contributed by atoms with E-state index in [4.69, 9.17) is 11.6 Å². The third kappa shape index (κ3) is 5.06. The van der Waals surface area contributed by atoms with Gasteiger partial charge in [0, 0.05) is 26.2 Å². The maximum absolute atomic E-state index is 13.1. The van der Waals surface area contributed by atoms with Crippen LogP contribution in [0.5, 0.6) is 0 Å². The molecule has 29 heavy (non-hydrogen) atoms. The molecule has 9 heteroatoms. The van der Waals surface area contributed by atoms with Crippen molar-refractivity contribution < 1.29 is 27.2 Å². The van der Waals surface area contributed by atoms with Crippen LogP contribution in [-0.4, -0.2) is 47.8 Å². The third-order valence-electron chi connectivity index (χ3n) is 4.72. The summed E-state index contributed by atoms with van der Waals surface area (Å²) < 4.78 is 51.0. The van der Waals surface area contributed by atoms with E-state index in [0.717, 1.165) is 24.3 Å². The van der Waals surface area contributed by atoms with E-state index >= 15 is 0 Å². The van der Waals surface area contributed by atoms with Gasteiger partial charge in [-0.25, -0.2) is 4.39 Å². The van der Waals surface area contributed by atoms with E-state index in [1.807, 2.05) is 0 Å². The van der Waals surface area contributed by atoms with Crippen molar-refractivity contribution in [3.63, 3.8) is 0 Å². The Hall–Kier alpha value is -2.61. The largest absolute Gasteiger partial charge is 0.416 e. The Morgan fingerprint density at radius 3 is 2.07 bits per heavy atom. The van der Waals surface area contributed by atoms with Gasteiger partial charge in [-0.2, -0.15) is 13.2 Å². The number of hydrogen-bond acceptors (Lipinski definition) is 2. The summed E-state index contributed by atoms with van der Waals surface area (Å²) in [5, 5.41) is 0.0239. The van der Waals surface area contributed by atoms with Crippen LogP contribution in [0.2, 0.25) is 5.02 Å². The van der Waals surface area contributed by atoms with Crippen molar-refractivity contribution in [1.29, 1.82) is 0 Å². The molecule has 2 aromatic rings. The van der Waals surface area contributed by atoms with Gasteiger partial charge in [0.15, 0.2) is 0 Å². The normalized spacial score (nSPS) is 14.8. The monoisotopic (exact) mass is 428 g/mol. The molecule has 0 aromatic heterocycles. The molecule has 1 fully saturated rings. The summed E-state index contributed by atoms with van der Waals surface area (Å²) in [6.07, 6.45) is -4.44. The van der Waals surface area contributed by atoms with Crippen LogP contribution in [0, 0.1) is 5.82 Å². The van der Waals surface area contributed by atoms with Gasteiger partial charge in [0.25, 0.3) is 5.91 Å². The number of nitrogens with zero attached hydrogens (tertiary/aromatic N) is 2. The summed E-state index contributed by atoms with van der Waals surface area (Å²) in [6, 6.07) is 8.02. The summed E-state index contributed by atoms with van der Waals surface area (Å²) in [7, 11) is 0. The Bertz CT molecular complexity index is 908. The molecule has 154 valence electrons. The Balaban J connectivity index is 1.56. The second-order valence-electron chi connectivity index (χ2n) is 6.67. The van der Waals surface area contributed by atoms with Gasteiger partial charge in [0.1, 0.15) is 5.82 Å². The number of alkyl halides is 3. The molecule has 0 spiro atoms. The Morgan fingerprint density at radius 2 is 1.52 bits per heavy atom. The van der Waals surface area contributed by atoms with Crippen molar-refractivity contribution in [3.05, 3.63) is 70.0 Å². The van der Waals surface area contributed by atoms with Crippen LogP contribution in [0.25, 0.3) is 0 Å². The van der Waals surface area contributed by atoms with E-state index in [9.17, 15) is 27.2 Å². The van der Waals surface area contributed by atoms with E-state index in [1.165, 1.54) is 23.1 Å². The first-order valence-electron chi connectivity index (χ1n) is 8.83. The minimum Gasteiger partial charge on any atom is -0.339 e. The van der Waals surface area contributed by atoms with Crippen LogP contribution < -0.4 is 0 Å². The average molecular weight is 429 g/mol. The van der Waals surface area contributed by atoms with Crippen LogP contribution in [-0.2, 0) is 17.4 Å². The van der Waals surface area contributed by atoms with Crippen molar-refractivity contribution in [2.24, 2.45) is 0 Å². The molecular weight excluding hydrogens is 412 g/mol. The zero-order chi connectivity index (χ0) is 21.2. The molecule has 2 amide bonds. The number of piperazine rings is 1. The molecule has 0 saturated carbocycles. The van der Waals surface area contributed by atoms with E-state index in [0.29, 0.717) is 18.7 Å². The standard InChI is InChI=1S/C20H17ClF4N2O2/c21-17-12-15(22)5-6-16(17)19(29)27-9-7-26(8-10-27)18(28)11-13-1-3-14(4-2-13)20(23,24)25/h1-6,12H,7-11H2. The SMILES string of the molecule is O=C(Cc1ccc(C(F)(F)F)cc1)N1CCN(C(=O)c2ccc(F)cc2Cl)CC1. The summed E-state index contributed by atoms with van der Waals surface area (Å²) in [5.41, 5.74) is -0.0857. The summed E-state index contributed by atoms with van der Waals surface area (Å²) >= 11 is 5.93. The predicted octanol–water partition coefficient (Wildman–Crippen LogP) is 4.03. The van der Waals surface area contributed by atoms with Crippen LogP contribution in [0.1, 0.15) is 21.5 Å². The van der Waals surface area contributed by atoms with Crippen molar-refractivity contribution in [2.45, 2.75) is 12.6 Å². The Morgan fingerprint density at radius 1 is 0.931 bits per heavy atom. The molecule has 1 saturated heterocycles. The van der Waals surface area contributed by atoms with Crippen molar-refractivity contribution >= 4 is 23.4 Å². The van der Waals surface area contributed by atoms with E-state index in [1.54, 1.807) is 4.90 Å². The highest BCUT2D eigenvalue weighted by Crippen LogP contribution is 2.29. The molecule has 0 radical (unpaired) electrons. The first-order chi connectivity index (χ1) is 13.6. The molecule has 0 bridgehead atoms. The fourth-order valence-corrected chi connectivity index (χ4v) is 3.34. The molecular formula is C20H17ClF4N2O2. The van der Waals surface area contributed by atoms with Crippen LogP contribution in [0.4, 0.5) is 17.6 Å². The van der Waals surface area contributed by atoms with Gasteiger partial charge < -0.3 is 9.80 Å². The van der Waals surface area contributed by atoms with Gasteiger partial charge in [-0.3, -0.25) is 9.59 Å². The van der Waals surface area contributed by atoms with Gasteiger partial charge in [-0.05, 0) is 35.9 Å².